The van der Waals surface area contributed by atoms with E-state index in [0.717, 1.165) is 6.07 Å². The Morgan fingerprint density at radius 1 is 1.33 bits per heavy atom. The van der Waals surface area contributed by atoms with Gasteiger partial charge in [0.05, 0.1) is 17.6 Å². The summed E-state index contributed by atoms with van der Waals surface area (Å²) in [6.45, 7) is 1.45. The second kappa shape index (κ2) is 3.89. The molecule has 80 valence electrons. The molecule has 0 heterocycles. The maximum atomic E-state index is 12.8. The van der Waals surface area contributed by atoms with Gasteiger partial charge in [-0.25, -0.2) is 4.39 Å². The van der Waals surface area contributed by atoms with Crippen molar-refractivity contribution in [3.63, 3.8) is 0 Å². The van der Waals surface area contributed by atoms with Gasteiger partial charge in [-0.2, -0.15) is 18.4 Å². The van der Waals surface area contributed by atoms with Crippen LogP contribution in [0.15, 0.2) is 18.2 Å². The van der Waals surface area contributed by atoms with Crippen LogP contribution in [0.5, 0.6) is 0 Å². The first kappa shape index (κ1) is 11.5. The summed E-state index contributed by atoms with van der Waals surface area (Å²) < 4.78 is 49.6. The predicted molar refractivity (Wildman–Crippen MR) is 45.4 cm³/mol. The highest BCUT2D eigenvalue weighted by atomic mass is 19.4. The number of rotatable bonds is 1. The molecule has 1 aromatic carbocycles. The van der Waals surface area contributed by atoms with E-state index < -0.39 is 23.5 Å². The zero-order valence-corrected chi connectivity index (χ0v) is 7.77. The largest absolute Gasteiger partial charge is 0.419 e. The van der Waals surface area contributed by atoms with Crippen LogP contribution in [0.25, 0.3) is 0 Å². The molecule has 1 nitrogen and oxygen atoms in total. The van der Waals surface area contributed by atoms with Crippen LogP contribution in [0.3, 0.4) is 0 Å². The van der Waals surface area contributed by atoms with Crippen LogP contribution >= 0.6 is 0 Å². The van der Waals surface area contributed by atoms with E-state index in [1.807, 2.05) is 0 Å². The van der Waals surface area contributed by atoms with Gasteiger partial charge in [-0.05, 0) is 24.6 Å². The highest BCUT2D eigenvalue weighted by molar-refractivity contribution is 5.31. The zero-order chi connectivity index (χ0) is 11.6. The van der Waals surface area contributed by atoms with Crippen molar-refractivity contribution < 1.29 is 17.6 Å². The topological polar surface area (TPSA) is 23.8 Å². The molecule has 1 unspecified atom stereocenters. The standard InChI is InChI=1S/C10H7F4N/c1-6(5-15)7-2-3-9(11)8(4-7)10(12,13)14/h2-4,6H,1H3. The minimum absolute atomic E-state index is 0.159. The number of hydrogen-bond donors (Lipinski definition) is 0. The Morgan fingerprint density at radius 2 is 1.93 bits per heavy atom. The first-order valence-electron chi connectivity index (χ1n) is 4.12. The van der Waals surface area contributed by atoms with Gasteiger partial charge in [0, 0.05) is 0 Å². The van der Waals surface area contributed by atoms with E-state index in [4.69, 9.17) is 5.26 Å². The molecule has 5 heteroatoms. The second-order valence-corrected chi connectivity index (χ2v) is 3.09. The van der Waals surface area contributed by atoms with E-state index >= 15 is 0 Å². The highest BCUT2D eigenvalue weighted by Crippen LogP contribution is 2.33. The minimum atomic E-state index is -4.73. The summed E-state index contributed by atoms with van der Waals surface area (Å²) >= 11 is 0. The summed E-state index contributed by atoms with van der Waals surface area (Å²) in [4.78, 5) is 0. The molecule has 1 rings (SSSR count). The smallest absolute Gasteiger partial charge is 0.206 e. The Labute approximate surface area is 83.9 Å². The van der Waals surface area contributed by atoms with Gasteiger partial charge in [-0.1, -0.05) is 6.07 Å². The van der Waals surface area contributed by atoms with E-state index in [0.29, 0.717) is 6.07 Å². The van der Waals surface area contributed by atoms with E-state index in [2.05, 4.69) is 0 Å². The van der Waals surface area contributed by atoms with Crippen molar-refractivity contribution in [3.8, 4) is 6.07 Å². The van der Waals surface area contributed by atoms with Crippen LogP contribution in [0, 0.1) is 17.1 Å². The number of nitriles is 1. The van der Waals surface area contributed by atoms with Crippen molar-refractivity contribution >= 4 is 0 Å². The fraction of sp³-hybridized carbons (Fsp3) is 0.300. The number of benzene rings is 1. The average Bonchev–Trinajstić information content (AvgIpc) is 2.15. The molecule has 1 atom stereocenters. The van der Waals surface area contributed by atoms with Crippen LogP contribution in [0.4, 0.5) is 17.6 Å². The van der Waals surface area contributed by atoms with E-state index in [-0.39, 0.29) is 5.56 Å². The van der Waals surface area contributed by atoms with Crippen LogP contribution in [-0.2, 0) is 6.18 Å². The lowest BCUT2D eigenvalue weighted by molar-refractivity contribution is -0.140. The number of hydrogen-bond acceptors (Lipinski definition) is 1. The molecule has 0 N–H and O–H groups in total. The zero-order valence-electron chi connectivity index (χ0n) is 7.77. The summed E-state index contributed by atoms with van der Waals surface area (Å²) in [6, 6.07) is 4.37. The second-order valence-electron chi connectivity index (χ2n) is 3.09. The normalized spacial score (nSPS) is 13.3. The Balaban J connectivity index is 3.24. The van der Waals surface area contributed by atoms with Gasteiger partial charge < -0.3 is 0 Å². The Bertz CT molecular complexity index is 403. The third-order valence-corrected chi connectivity index (χ3v) is 1.99. The third-order valence-electron chi connectivity index (χ3n) is 1.99. The number of alkyl halides is 3. The molecule has 0 radical (unpaired) electrons. The molecule has 0 amide bonds. The lowest BCUT2D eigenvalue weighted by atomic mass is 10.00. The fourth-order valence-electron chi connectivity index (χ4n) is 1.10. The van der Waals surface area contributed by atoms with Gasteiger partial charge in [-0.3, -0.25) is 0 Å². The molecule has 0 fully saturated rings. The maximum Gasteiger partial charge on any atom is 0.419 e. The molecule has 0 bridgehead atoms. The first-order valence-corrected chi connectivity index (χ1v) is 4.12. The van der Waals surface area contributed by atoms with Crippen molar-refractivity contribution in [3.05, 3.63) is 35.1 Å². The molecular formula is C10H7F4N. The lowest BCUT2D eigenvalue weighted by Crippen LogP contribution is -2.09. The average molecular weight is 217 g/mol. The SMILES string of the molecule is CC(C#N)c1ccc(F)c(C(F)(F)F)c1. The summed E-state index contributed by atoms with van der Waals surface area (Å²) in [5, 5.41) is 8.53. The number of halogens is 4. The van der Waals surface area contributed by atoms with E-state index in [1.54, 1.807) is 6.07 Å². The van der Waals surface area contributed by atoms with Gasteiger partial charge in [-0.15, -0.1) is 0 Å². The molecule has 0 saturated carbocycles. The molecule has 1 aromatic rings. The Kier molecular flexibility index (Phi) is 2.98. The van der Waals surface area contributed by atoms with Crippen molar-refractivity contribution in [2.75, 3.05) is 0 Å². The Hall–Kier alpha value is -1.57. The molecule has 0 aliphatic rings. The molecule has 0 spiro atoms. The van der Waals surface area contributed by atoms with Crippen LogP contribution in [0.2, 0.25) is 0 Å². The monoisotopic (exact) mass is 217 g/mol. The van der Waals surface area contributed by atoms with Crippen molar-refractivity contribution in [1.29, 1.82) is 5.26 Å². The summed E-state index contributed by atoms with van der Waals surface area (Å²) in [5.41, 5.74) is -1.17. The van der Waals surface area contributed by atoms with Gasteiger partial charge >= 0.3 is 6.18 Å². The highest BCUT2D eigenvalue weighted by Gasteiger charge is 2.34. The van der Waals surface area contributed by atoms with Crippen molar-refractivity contribution in [1.82, 2.24) is 0 Å². The van der Waals surface area contributed by atoms with Crippen LogP contribution < -0.4 is 0 Å². The summed E-state index contributed by atoms with van der Waals surface area (Å²) in [5.74, 6) is -2.01. The molecular weight excluding hydrogens is 210 g/mol. The minimum Gasteiger partial charge on any atom is -0.206 e. The van der Waals surface area contributed by atoms with E-state index in [9.17, 15) is 17.6 Å². The van der Waals surface area contributed by atoms with Crippen molar-refractivity contribution in [2.24, 2.45) is 0 Å². The first-order chi connectivity index (χ1) is 6.86. The summed E-state index contributed by atoms with van der Waals surface area (Å²) in [6.07, 6.45) is -4.73. The van der Waals surface area contributed by atoms with E-state index in [1.165, 1.54) is 13.0 Å². The third kappa shape index (κ3) is 2.46. The van der Waals surface area contributed by atoms with Gasteiger partial charge in [0.15, 0.2) is 0 Å². The van der Waals surface area contributed by atoms with Gasteiger partial charge in [0.2, 0.25) is 0 Å². The van der Waals surface area contributed by atoms with Gasteiger partial charge in [0.1, 0.15) is 5.82 Å². The molecule has 0 saturated heterocycles. The Morgan fingerprint density at radius 3 is 2.40 bits per heavy atom. The van der Waals surface area contributed by atoms with Crippen LogP contribution in [0.1, 0.15) is 24.0 Å². The molecule has 0 aliphatic carbocycles. The number of nitrogens with zero attached hydrogens (tertiary/aromatic N) is 1. The maximum absolute atomic E-state index is 12.8. The van der Waals surface area contributed by atoms with Crippen LogP contribution in [-0.4, -0.2) is 0 Å². The summed E-state index contributed by atoms with van der Waals surface area (Å²) in [7, 11) is 0. The molecule has 0 aliphatic heterocycles. The molecule has 0 aromatic heterocycles. The predicted octanol–water partition coefficient (Wildman–Crippen LogP) is 3.47. The quantitative estimate of drug-likeness (QED) is 0.660. The van der Waals surface area contributed by atoms with Gasteiger partial charge in [0.25, 0.3) is 0 Å². The molecule has 15 heavy (non-hydrogen) atoms. The van der Waals surface area contributed by atoms with Crippen molar-refractivity contribution in [2.45, 2.75) is 19.0 Å². The lowest BCUT2D eigenvalue weighted by Gasteiger charge is -2.10. The fourth-order valence-corrected chi connectivity index (χ4v) is 1.10.